The zero-order valence-electron chi connectivity index (χ0n) is 11.4. The van der Waals surface area contributed by atoms with Gasteiger partial charge in [0.2, 0.25) is 0 Å². The Hall–Kier alpha value is -2.67. The van der Waals surface area contributed by atoms with Crippen molar-refractivity contribution in [2.75, 3.05) is 19.0 Å². The van der Waals surface area contributed by atoms with Crippen molar-refractivity contribution in [1.82, 2.24) is 4.98 Å². The highest BCUT2D eigenvalue weighted by Crippen LogP contribution is 2.20. The molecule has 2 rings (SSSR count). The Morgan fingerprint density at radius 1 is 1.43 bits per heavy atom. The lowest BCUT2D eigenvalue weighted by atomic mass is 10.1. The second-order valence-electron chi connectivity index (χ2n) is 4.43. The molecular weight excluding hydrogens is 274 g/mol. The molecule has 0 radical (unpaired) electrons. The third-order valence-corrected chi connectivity index (χ3v) is 2.93. The van der Waals surface area contributed by atoms with Crippen molar-refractivity contribution < 1.29 is 19.4 Å². The summed E-state index contributed by atoms with van der Waals surface area (Å²) in [6, 6.07) is 7.72. The van der Waals surface area contributed by atoms with Crippen molar-refractivity contribution in [1.29, 1.82) is 0 Å². The van der Waals surface area contributed by atoms with Crippen molar-refractivity contribution in [3.63, 3.8) is 0 Å². The first kappa shape index (κ1) is 14.7. The van der Waals surface area contributed by atoms with Crippen LogP contribution >= 0.6 is 0 Å². The Labute approximate surface area is 120 Å². The fourth-order valence-corrected chi connectivity index (χ4v) is 1.92. The average molecular weight is 289 g/mol. The van der Waals surface area contributed by atoms with E-state index in [9.17, 15) is 9.59 Å². The fourth-order valence-electron chi connectivity index (χ4n) is 1.92. The van der Waals surface area contributed by atoms with E-state index in [1.54, 1.807) is 24.3 Å². The molecular formula is C14H15N3O4. The lowest BCUT2D eigenvalue weighted by Crippen LogP contribution is -2.35. The predicted octanol–water partition coefficient (Wildman–Crippen LogP) is 0.845. The quantitative estimate of drug-likeness (QED) is 0.726. The molecule has 4 N–H and O–H groups in total. The number of para-hydroxylation sites is 1. The van der Waals surface area contributed by atoms with Gasteiger partial charge in [0.05, 0.1) is 17.7 Å². The van der Waals surface area contributed by atoms with Crippen LogP contribution in [0, 0.1) is 0 Å². The number of hydrogen-bond acceptors (Lipinski definition) is 5. The zero-order chi connectivity index (χ0) is 15.4. The number of aliphatic carboxylic acids is 1. The second-order valence-corrected chi connectivity index (χ2v) is 4.43. The van der Waals surface area contributed by atoms with Crippen LogP contribution in [0.25, 0.3) is 10.9 Å². The highest BCUT2D eigenvalue weighted by atomic mass is 16.5. The minimum atomic E-state index is -1.11. The Kier molecular flexibility index (Phi) is 4.34. The van der Waals surface area contributed by atoms with Crippen molar-refractivity contribution in [3.8, 4) is 0 Å². The molecule has 0 aliphatic carbocycles. The van der Waals surface area contributed by atoms with Crippen molar-refractivity contribution in [2.45, 2.75) is 6.04 Å². The molecule has 0 fully saturated rings. The summed E-state index contributed by atoms with van der Waals surface area (Å²) in [7, 11) is 1.39. The maximum atomic E-state index is 11.5. The van der Waals surface area contributed by atoms with Crippen LogP contribution in [-0.4, -0.2) is 41.7 Å². The van der Waals surface area contributed by atoms with E-state index in [1.165, 1.54) is 7.11 Å². The van der Waals surface area contributed by atoms with Gasteiger partial charge >= 0.3 is 5.97 Å². The van der Waals surface area contributed by atoms with Gasteiger partial charge in [-0.1, -0.05) is 18.2 Å². The lowest BCUT2D eigenvalue weighted by molar-refractivity contribution is -0.139. The number of nitrogens with two attached hydrogens (primary N) is 1. The van der Waals surface area contributed by atoms with Crippen molar-refractivity contribution >= 4 is 28.6 Å². The SMILES string of the molecule is COCC(Nc1nc2ccccc2cc1C(N)=O)C(=O)O. The lowest BCUT2D eigenvalue weighted by Gasteiger charge is -2.16. The minimum Gasteiger partial charge on any atom is -0.480 e. The summed E-state index contributed by atoms with van der Waals surface area (Å²) < 4.78 is 4.84. The summed E-state index contributed by atoms with van der Waals surface area (Å²) in [6.07, 6.45) is 0. The number of aromatic nitrogens is 1. The smallest absolute Gasteiger partial charge is 0.328 e. The third kappa shape index (κ3) is 3.26. The number of amides is 1. The van der Waals surface area contributed by atoms with Gasteiger partial charge in [-0.15, -0.1) is 0 Å². The van der Waals surface area contributed by atoms with Gasteiger partial charge < -0.3 is 20.9 Å². The Balaban J connectivity index is 2.47. The number of nitrogens with one attached hydrogen (secondary N) is 1. The monoisotopic (exact) mass is 289 g/mol. The van der Waals surface area contributed by atoms with Gasteiger partial charge in [-0.3, -0.25) is 4.79 Å². The fraction of sp³-hybridized carbons (Fsp3) is 0.214. The number of carbonyl (C=O) groups excluding carboxylic acids is 1. The van der Waals surface area contributed by atoms with Crippen LogP contribution in [0.2, 0.25) is 0 Å². The number of carboxylic acids is 1. The maximum Gasteiger partial charge on any atom is 0.328 e. The summed E-state index contributed by atoms with van der Waals surface area (Å²) in [5.74, 6) is -1.66. The number of carboxylic acid groups (broad SMARTS) is 1. The summed E-state index contributed by atoms with van der Waals surface area (Å²) in [6.45, 7) is -0.0674. The van der Waals surface area contributed by atoms with E-state index in [0.29, 0.717) is 5.52 Å². The van der Waals surface area contributed by atoms with Gasteiger partial charge in [0.1, 0.15) is 11.9 Å². The molecule has 1 unspecified atom stereocenters. The molecule has 0 saturated carbocycles. The molecule has 1 heterocycles. The summed E-state index contributed by atoms with van der Waals surface area (Å²) >= 11 is 0. The zero-order valence-corrected chi connectivity index (χ0v) is 11.4. The number of fused-ring (bicyclic) bond motifs is 1. The van der Waals surface area contributed by atoms with Crippen LogP contribution in [-0.2, 0) is 9.53 Å². The van der Waals surface area contributed by atoms with E-state index in [2.05, 4.69) is 10.3 Å². The Morgan fingerprint density at radius 2 is 2.14 bits per heavy atom. The van der Waals surface area contributed by atoms with Gasteiger partial charge in [-0.05, 0) is 12.1 Å². The molecule has 21 heavy (non-hydrogen) atoms. The molecule has 1 aromatic heterocycles. The molecule has 0 aliphatic rings. The molecule has 110 valence electrons. The van der Waals surface area contributed by atoms with Gasteiger partial charge in [0.15, 0.2) is 0 Å². The third-order valence-electron chi connectivity index (χ3n) is 2.93. The molecule has 0 saturated heterocycles. The molecule has 0 aliphatic heterocycles. The van der Waals surface area contributed by atoms with E-state index in [0.717, 1.165) is 5.39 Å². The molecule has 1 amide bonds. The molecule has 0 spiro atoms. The normalized spacial score (nSPS) is 12.0. The number of carbonyl (C=O) groups is 2. The average Bonchev–Trinajstić information content (AvgIpc) is 2.45. The molecule has 7 heteroatoms. The Bertz CT molecular complexity index is 687. The standard InChI is InChI=1S/C14H15N3O4/c1-21-7-11(14(19)20)17-13-9(12(15)18)6-8-4-2-3-5-10(8)16-13/h2-6,11H,7H2,1H3,(H2,15,18)(H,16,17)(H,19,20). The topological polar surface area (TPSA) is 115 Å². The van der Waals surface area contributed by atoms with Crippen LogP contribution in [0.4, 0.5) is 5.82 Å². The highest BCUT2D eigenvalue weighted by molar-refractivity contribution is 6.01. The van der Waals surface area contributed by atoms with E-state index >= 15 is 0 Å². The first-order valence-electron chi connectivity index (χ1n) is 6.20. The van der Waals surface area contributed by atoms with E-state index in [4.69, 9.17) is 15.6 Å². The van der Waals surface area contributed by atoms with E-state index in [-0.39, 0.29) is 18.0 Å². The van der Waals surface area contributed by atoms with Crippen LogP contribution in [0.5, 0.6) is 0 Å². The number of ether oxygens (including phenoxy) is 1. The molecule has 1 aromatic carbocycles. The van der Waals surface area contributed by atoms with Gasteiger partial charge in [-0.25, -0.2) is 9.78 Å². The number of pyridine rings is 1. The maximum absolute atomic E-state index is 11.5. The first-order chi connectivity index (χ1) is 10.0. The van der Waals surface area contributed by atoms with Gasteiger partial charge in [0, 0.05) is 12.5 Å². The van der Waals surface area contributed by atoms with E-state index < -0.39 is 17.9 Å². The van der Waals surface area contributed by atoms with Gasteiger partial charge in [-0.2, -0.15) is 0 Å². The van der Waals surface area contributed by atoms with Crippen molar-refractivity contribution in [2.24, 2.45) is 5.73 Å². The highest BCUT2D eigenvalue weighted by Gasteiger charge is 2.21. The number of anilines is 1. The van der Waals surface area contributed by atoms with Gasteiger partial charge in [0.25, 0.3) is 5.91 Å². The summed E-state index contributed by atoms with van der Waals surface area (Å²) in [5, 5.41) is 12.6. The molecule has 2 aromatic rings. The second kappa shape index (κ2) is 6.19. The number of nitrogens with zero attached hydrogens (tertiary/aromatic N) is 1. The number of rotatable bonds is 6. The number of methoxy groups -OCH3 is 1. The van der Waals surface area contributed by atoms with Crippen LogP contribution < -0.4 is 11.1 Å². The first-order valence-corrected chi connectivity index (χ1v) is 6.20. The minimum absolute atomic E-state index is 0.0674. The predicted molar refractivity (Wildman–Crippen MR) is 77.2 cm³/mol. The number of hydrogen-bond donors (Lipinski definition) is 3. The van der Waals surface area contributed by atoms with Crippen LogP contribution in [0.3, 0.4) is 0 Å². The molecule has 7 nitrogen and oxygen atoms in total. The number of primary amides is 1. The van der Waals surface area contributed by atoms with Crippen LogP contribution in [0.1, 0.15) is 10.4 Å². The van der Waals surface area contributed by atoms with E-state index in [1.807, 2.05) is 6.07 Å². The Morgan fingerprint density at radius 3 is 2.76 bits per heavy atom. The van der Waals surface area contributed by atoms with Crippen LogP contribution in [0.15, 0.2) is 30.3 Å². The summed E-state index contributed by atoms with van der Waals surface area (Å²) in [4.78, 5) is 27.0. The molecule has 0 bridgehead atoms. The number of benzene rings is 1. The summed E-state index contributed by atoms with van der Waals surface area (Å²) in [5.41, 5.74) is 6.10. The molecule has 1 atom stereocenters. The van der Waals surface area contributed by atoms with Crippen molar-refractivity contribution in [3.05, 3.63) is 35.9 Å². The largest absolute Gasteiger partial charge is 0.480 e.